The van der Waals surface area contributed by atoms with Gasteiger partial charge in [0.2, 0.25) is 5.91 Å². The predicted molar refractivity (Wildman–Crippen MR) is 72.1 cm³/mol. The lowest BCUT2D eigenvalue weighted by Crippen LogP contribution is -2.12. The van der Waals surface area contributed by atoms with E-state index in [2.05, 4.69) is 12.2 Å². The summed E-state index contributed by atoms with van der Waals surface area (Å²) in [6.45, 7) is 2.07. The second-order valence-electron chi connectivity index (χ2n) is 3.23. The van der Waals surface area contributed by atoms with Gasteiger partial charge in [-0.2, -0.15) is 11.8 Å². The van der Waals surface area contributed by atoms with Crippen LogP contribution in [0.15, 0.2) is 18.2 Å². The molecule has 0 aromatic heterocycles. The maximum Gasteiger partial charge on any atom is 0.225 e. The zero-order valence-corrected chi connectivity index (χ0v) is 10.7. The third-order valence-electron chi connectivity index (χ3n) is 1.96. The first kappa shape index (κ1) is 13.2. The molecule has 0 aliphatic rings. The van der Waals surface area contributed by atoms with Crippen molar-refractivity contribution in [2.45, 2.75) is 13.3 Å². The minimum atomic E-state index is 0.00247. The van der Waals surface area contributed by atoms with Crippen molar-refractivity contribution in [2.24, 2.45) is 0 Å². The highest BCUT2D eigenvalue weighted by atomic mass is 35.5. The number of carbonyl (C=O) groups excluding carboxylic acids is 1. The van der Waals surface area contributed by atoms with Crippen LogP contribution in [-0.4, -0.2) is 17.4 Å². The molecule has 0 saturated carbocycles. The molecule has 0 aliphatic heterocycles. The van der Waals surface area contributed by atoms with Gasteiger partial charge in [0, 0.05) is 17.9 Å². The van der Waals surface area contributed by atoms with E-state index in [1.54, 1.807) is 30.0 Å². The van der Waals surface area contributed by atoms with Crippen molar-refractivity contribution in [3.8, 4) is 0 Å². The zero-order valence-electron chi connectivity index (χ0n) is 9.13. The van der Waals surface area contributed by atoms with Crippen molar-refractivity contribution < 1.29 is 4.79 Å². The van der Waals surface area contributed by atoms with Crippen molar-refractivity contribution in [3.63, 3.8) is 0 Å². The zero-order chi connectivity index (χ0) is 12.0. The summed E-state index contributed by atoms with van der Waals surface area (Å²) < 4.78 is 0. The van der Waals surface area contributed by atoms with Gasteiger partial charge in [-0.1, -0.05) is 18.5 Å². The standard InChI is InChI=1S/C11H15ClN2OS/c1-2-16-6-5-11(15)14-8-3-4-9(12)10(13)7-8/h3-4,7H,2,5-6,13H2,1H3,(H,14,15). The molecule has 0 spiro atoms. The SMILES string of the molecule is CCSCCC(=O)Nc1ccc(Cl)c(N)c1. The monoisotopic (exact) mass is 258 g/mol. The highest BCUT2D eigenvalue weighted by Crippen LogP contribution is 2.22. The molecule has 16 heavy (non-hydrogen) atoms. The molecule has 1 aromatic carbocycles. The van der Waals surface area contributed by atoms with Gasteiger partial charge in [-0.3, -0.25) is 4.79 Å². The van der Waals surface area contributed by atoms with Gasteiger partial charge in [-0.15, -0.1) is 0 Å². The molecule has 1 amide bonds. The van der Waals surface area contributed by atoms with E-state index in [-0.39, 0.29) is 5.91 Å². The fourth-order valence-corrected chi connectivity index (χ4v) is 1.89. The predicted octanol–water partition coefficient (Wildman–Crippen LogP) is 3.00. The number of nitrogens with one attached hydrogen (secondary N) is 1. The van der Waals surface area contributed by atoms with Crippen molar-refractivity contribution in [3.05, 3.63) is 23.2 Å². The number of benzene rings is 1. The first-order valence-corrected chi connectivity index (χ1v) is 6.59. The first-order chi connectivity index (χ1) is 7.63. The number of carbonyl (C=O) groups is 1. The normalized spacial score (nSPS) is 10.1. The molecule has 0 fully saturated rings. The van der Waals surface area contributed by atoms with E-state index >= 15 is 0 Å². The molecule has 0 heterocycles. The van der Waals surface area contributed by atoms with Crippen LogP contribution in [0.25, 0.3) is 0 Å². The number of anilines is 2. The number of halogens is 1. The lowest BCUT2D eigenvalue weighted by Gasteiger charge is -2.06. The van der Waals surface area contributed by atoms with Crippen LogP contribution in [-0.2, 0) is 4.79 Å². The van der Waals surface area contributed by atoms with Gasteiger partial charge in [0.1, 0.15) is 0 Å². The van der Waals surface area contributed by atoms with Gasteiger partial charge in [0.15, 0.2) is 0 Å². The molecule has 88 valence electrons. The van der Waals surface area contributed by atoms with Crippen LogP contribution < -0.4 is 11.1 Å². The smallest absolute Gasteiger partial charge is 0.225 e. The van der Waals surface area contributed by atoms with E-state index in [0.29, 0.717) is 22.8 Å². The Morgan fingerprint density at radius 1 is 1.56 bits per heavy atom. The molecular weight excluding hydrogens is 244 g/mol. The second kappa shape index (κ2) is 6.66. The van der Waals surface area contributed by atoms with Crippen LogP contribution in [0, 0.1) is 0 Å². The van der Waals surface area contributed by atoms with Crippen LogP contribution in [0.5, 0.6) is 0 Å². The Morgan fingerprint density at radius 2 is 2.31 bits per heavy atom. The number of nitrogen functional groups attached to an aromatic ring is 1. The van der Waals surface area contributed by atoms with Gasteiger partial charge in [0.05, 0.1) is 10.7 Å². The fraction of sp³-hybridized carbons (Fsp3) is 0.364. The number of hydrogen-bond donors (Lipinski definition) is 2. The molecule has 0 unspecified atom stereocenters. The quantitative estimate of drug-likeness (QED) is 0.631. The van der Waals surface area contributed by atoms with Crippen LogP contribution in [0.3, 0.4) is 0 Å². The lowest BCUT2D eigenvalue weighted by atomic mass is 10.2. The molecular formula is C11H15ClN2OS. The maximum absolute atomic E-state index is 11.5. The maximum atomic E-state index is 11.5. The van der Waals surface area contributed by atoms with Crippen molar-refractivity contribution in [1.82, 2.24) is 0 Å². The minimum Gasteiger partial charge on any atom is -0.397 e. The van der Waals surface area contributed by atoms with Crippen molar-refractivity contribution in [2.75, 3.05) is 22.6 Å². The molecule has 0 atom stereocenters. The molecule has 1 rings (SSSR count). The van der Waals surface area contributed by atoms with E-state index in [1.807, 2.05) is 0 Å². The molecule has 1 aromatic rings. The average molecular weight is 259 g/mol. The summed E-state index contributed by atoms with van der Waals surface area (Å²) in [5, 5.41) is 3.28. The molecule has 0 saturated heterocycles. The number of amides is 1. The summed E-state index contributed by atoms with van der Waals surface area (Å²) >= 11 is 7.52. The Bertz CT molecular complexity index is 371. The highest BCUT2D eigenvalue weighted by Gasteiger charge is 2.03. The Balaban J connectivity index is 2.46. The molecule has 0 radical (unpaired) electrons. The summed E-state index contributed by atoms with van der Waals surface area (Å²) in [7, 11) is 0. The Kier molecular flexibility index (Phi) is 5.49. The Hall–Kier alpha value is -0.870. The molecule has 0 aliphatic carbocycles. The highest BCUT2D eigenvalue weighted by molar-refractivity contribution is 7.99. The van der Waals surface area contributed by atoms with Crippen molar-refractivity contribution in [1.29, 1.82) is 0 Å². The average Bonchev–Trinajstić information content (AvgIpc) is 2.24. The number of thioether (sulfide) groups is 1. The molecule has 3 nitrogen and oxygen atoms in total. The first-order valence-electron chi connectivity index (χ1n) is 5.06. The van der Waals surface area contributed by atoms with Crippen LogP contribution in [0.4, 0.5) is 11.4 Å². The third kappa shape index (κ3) is 4.33. The second-order valence-corrected chi connectivity index (χ2v) is 5.03. The van der Waals surface area contributed by atoms with E-state index in [1.165, 1.54) is 0 Å². The van der Waals surface area contributed by atoms with Crippen LogP contribution in [0.2, 0.25) is 5.02 Å². The van der Waals surface area contributed by atoms with Crippen LogP contribution >= 0.6 is 23.4 Å². The minimum absolute atomic E-state index is 0.00247. The van der Waals surface area contributed by atoms with Crippen molar-refractivity contribution >= 4 is 40.6 Å². The fourth-order valence-electron chi connectivity index (χ4n) is 1.15. The Morgan fingerprint density at radius 3 is 2.94 bits per heavy atom. The topological polar surface area (TPSA) is 55.1 Å². The molecule has 3 N–H and O–H groups in total. The van der Waals surface area contributed by atoms with E-state index in [4.69, 9.17) is 17.3 Å². The Labute approximate surface area is 105 Å². The van der Waals surface area contributed by atoms with Gasteiger partial charge in [-0.25, -0.2) is 0 Å². The number of nitrogens with two attached hydrogens (primary N) is 1. The van der Waals surface area contributed by atoms with E-state index < -0.39 is 0 Å². The summed E-state index contributed by atoms with van der Waals surface area (Å²) in [6, 6.07) is 5.07. The van der Waals surface area contributed by atoms with Gasteiger partial charge >= 0.3 is 0 Å². The lowest BCUT2D eigenvalue weighted by molar-refractivity contribution is -0.115. The van der Waals surface area contributed by atoms with Crippen LogP contribution in [0.1, 0.15) is 13.3 Å². The summed E-state index contributed by atoms with van der Waals surface area (Å²) in [5.74, 6) is 1.87. The third-order valence-corrected chi connectivity index (χ3v) is 3.20. The largest absolute Gasteiger partial charge is 0.397 e. The number of hydrogen-bond acceptors (Lipinski definition) is 3. The molecule has 5 heteroatoms. The van der Waals surface area contributed by atoms with Gasteiger partial charge in [-0.05, 0) is 24.0 Å². The van der Waals surface area contributed by atoms with E-state index in [9.17, 15) is 4.79 Å². The van der Waals surface area contributed by atoms with Gasteiger partial charge < -0.3 is 11.1 Å². The number of rotatable bonds is 5. The summed E-state index contributed by atoms with van der Waals surface area (Å²) in [5.41, 5.74) is 6.79. The van der Waals surface area contributed by atoms with Gasteiger partial charge in [0.25, 0.3) is 0 Å². The summed E-state index contributed by atoms with van der Waals surface area (Å²) in [6.07, 6.45) is 0.515. The molecule has 0 bridgehead atoms. The summed E-state index contributed by atoms with van der Waals surface area (Å²) in [4.78, 5) is 11.5. The van der Waals surface area contributed by atoms with E-state index in [0.717, 1.165) is 11.5 Å².